The number of aromatic nitrogens is 3. The normalized spacial score (nSPS) is 13.8. The summed E-state index contributed by atoms with van der Waals surface area (Å²) in [6.45, 7) is 14.3. The van der Waals surface area contributed by atoms with Crippen molar-refractivity contribution < 1.29 is 9.53 Å². The fourth-order valence-electron chi connectivity index (χ4n) is 3.66. The maximum Gasteiger partial charge on any atom is 0.410 e. The van der Waals surface area contributed by atoms with Crippen molar-refractivity contribution in [2.45, 2.75) is 47.1 Å². The summed E-state index contributed by atoms with van der Waals surface area (Å²) in [5.74, 6) is 0. The Kier molecular flexibility index (Phi) is 7.22. The highest BCUT2D eigenvalue weighted by molar-refractivity contribution is 5.73. The highest BCUT2D eigenvalue weighted by Gasteiger charge is 2.26. The van der Waals surface area contributed by atoms with E-state index in [-0.39, 0.29) is 6.09 Å². The summed E-state index contributed by atoms with van der Waals surface area (Å²) >= 11 is 0. The SMILES string of the molecule is CC.Cc1cnc2cc(-c3ccc(N4CCN(C(=O)OC(C)(C)C)CC4)cc3)c(C#N)nn12. The van der Waals surface area contributed by atoms with Crippen molar-refractivity contribution in [1.82, 2.24) is 19.5 Å². The molecular weight excluding hydrogens is 416 g/mol. The van der Waals surface area contributed by atoms with Gasteiger partial charge in [-0.1, -0.05) is 26.0 Å². The second-order valence-electron chi connectivity index (χ2n) is 8.69. The number of carbonyl (C=O) groups excluding carboxylic acids is 1. The smallest absolute Gasteiger partial charge is 0.410 e. The number of carbonyl (C=O) groups is 1. The van der Waals surface area contributed by atoms with E-state index in [2.05, 4.69) is 21.1 Å². The number of nitrogens with zero attached hydrogens (tertiary/aromatic N) is 6. The third kappa shape index (κ3) is 5.43. The topological polar surface area (TPSA) is 86.8 Å². The van der Waals surface area contributed by atoms with E-state index in [1.807, 2.05) is 71.9 Å². The number of hydrogen-bond acceptors (Lipinski definition) is 6. The molecule has 0 unspecified atom stereocenters. The predicted octanol–water partition coefficient (Wildman–Crippen LogP) is 4.66. The van der Waals surface area contributed by atoms with Crippen LogP contribution < -0.4 is 4.90 Å². The number of nitriles is 1. The molecule has 0 radical (unpaired) electrons. The van der Waals surface area contributed by atoms with Crippen LogP contribution in [-0.4, -0.2) is 57.4 Å². The minimum Gasteiger partial charge on any atom is -0.444 e. The maximum atomic E-state index is 12.3. The van der Waals surface area contributed by atoms with Gasteiger partial charge in [-0.05, 0) is 51.5 Å². The molecule has 0 saturated carbocycles. The number of piperazine rings is 1. The number of anilines is 1. The quantitative estimate of drug-likeness (QED) is 0.567. The lowest BCUT2D eigenvalue weighted by atomic mass is 10.0. The summed E-state index contributed by atoms with van der Waals surface area (Å²) in [5.41, 5.74) is 4.25. The van der Waals surface area contributed by atoms with Crippen molar-refractivity contribution in [3.8, 4) is 17.2 Å². The molecule has 174 valence electrons. The molecule has 4 rings (SSSR count). The lowest BCUT2D eigenvalue weighted by molar-refractivity contribution is 0.0240. The van der Waals surface area contributed by atoms with Crippen molar-refractivity contribution in [2.75, 3.05) is 31.1 Å². The Hall–Kier alpha value is -3.60. The zero-order chi connectivity index (χ0) is 24.2. The molecule has 1 aromatic carbocycles. The van der Waals surface area contributed by atoms with E-state index >= 15 is 0 Å². The monoisotopic (exact) mass is 448 g/mol. The maximum absolute atomic E-state index is 12.3. The zero-order valence-electron chi connectivity index (χ0n) is 20.3. The standard InChI is InChI=1S/C23H26N6O2.C2H6/c1-16-15-25-21-13-19(20(14-24)26-29(16)21)17-5-7-18(8-6-17)27-9-11-28(12-10-27)22(30)31-23(2,3)4;1-2/h5-8,13,15H,9-12H2,1-4H3;1-2H3. The zero-order valence-corrected chi connectivity index (χ0v) is 20.3. The van der Waals surface area contributed by atoms with Crippen LogP contribution >= 0.6 is 0 Å². The van der Waals surface area contributed by atoms with E-state index in [1.165, 1.54) is 0 Å². The van der Waals surface area contributed by atoms with Gasteiger partial charge in [0.25, 0.3) is 0 Å². The molecule has 0 aliphatic carbocycles. The Balaban J connectivity index is 0.00000149. The number of rotatable bonds is 2. The van der Waals surface area contributed by atoms with Crippen molar-refractivity contribution >= 4 is 17.4 Å². The summed E-state index contributed by atoms with van der Waals surface area (Å²) in [6.07, 6.45) is 1.48. The number of benzene rings is 1. The molecule has 2 aromatic heterocycles. The van der Waals surface area contributed by atoms with Crippen LogP contribution in [0.1, 0.15) is 46.0 Å². The van der Waals surface area contributed by atoms with E-state index in [4.69, 9.17) is 4.74 Å². The Labute approximate surface area is 195 Å². The van der Waals surface area contributed by atoms with Gasteiger partial charge in [-0.2, -0.15) is 10.4 Å². The first-order valence-electron chi connectivity index (χ1n) is 11.3. The van der Waals surface area contributed by atoms with Gasteiger partial charge in [-0.15, -0.1) is 0 Å². The largest absolute Gasteiger partial charge is 0.444 e. The van der Waals surface area contributed by atoms with Gasteiger partial charge in [0.15, 0.2) is 11.3 Å². The second-order valence-corrected chi connectivity index (χ2v) is 8.69. The van der Waals surface area contributed by atoms with Crippen LogP contribution in [0.4, 0.5) is 10.5 Å². The molecule has 3 heterocycles. The predicted molar refractivity (Wildman–Crippen MR) is 129 cm³/mol. The van der Waals surface area contributed by atoms with Crippen LogP contribution in [0.5, 0.6) is 0 Å². The minimum absolute atomic E-state index is 0.261. The summed E-state index contributed by atoms with van der Waals surface area (Å²) < 4.78 is 7.15. The molecule has 0 N–H and O–H groups in total. The van der Waals surface area contributed by atoms with E-state index in [0.29, 0.717) is 24.4 Å². The van der Waals surface area contributed by atoms with Crippen molar-refractivity contribution in [2.24, 2.45) is 0 Å². The average molecular weight is 449 g/mol. The van der Waals surface area contributed by atoms with E-state index in [0.717, 1.165) is 35.6 Å². The van der Waals surface area contributed by atoms with E-state index < -0.39 is 5.60 Å². The molecular formula is C25H32N6O2. The Morgan fingerprint density at radius 2 is 1.73 bits per heavy atom. The molecule has 3 aromatic rings. The number of aryl methyl sites for hydroxylation is 1. The van der Waals surface area contributed by atoms with E-state index in [9.17, 15) is 10.1 Å². The minimum atomic E-state index is -0.487. The molecule has 33 heavy (non-hydrogen) atoms. The van der Waals surface area contributed by atoms with Gasteiger partial charge >= 0.3 is 6.09 Å². The molecule has 1 aliphatic heterocycles. The van der Waals surface area contributed by atoms with Crippen molar-refractivity contribution in [1.29, 1.82) is 5.26 Å². The fourth-order valence-corrected chi connectivity index (χ4v) is 3.66. The fraction of sp³-hybridized carbons (Fsp3) is 0.440. The molecule has 1 fully saturated rings. The molecule has 1 aliphatic rings. The van der Waals surface area contributed by atoms with Gasteiger partial charge in [0, 0.05) is 37.4 Å². The lowest BCUT2D eigenvalue weighted by Gasteiger charge is -2.36. The molecule has 0 atom stereocenters. The first kappa shape index (κ1) is 24.1. The number of fused-ring (bicyclic) bond motifs is 1. The Morgan fingerprint density at radius 1 is 1.09 bits per heavy atom. The summed E-state index contributed by atoms with van der Waals surface area (Å²) in [7, 11) is 0. The van der Waals surface area contributed by atoms with Crippen molar-refractivity contribution in [3.05, 3.63) is 47.9 Å². The number of amides is 1. The Morgan fingerprint density at radius 3 is 2.30 bits per heavy atom. The molecule has 8 heteroatoms. The van der Waals surface area contributed by atoms with Crippen molar-refractivity contribution in [3.63, 3.8) is 0 Å². The van der Waals surface area contributed by atoms with Gasteiger partial charge in [0.05, 0.1) is 11.9 Å². The number of hydrogen-bond donors (Lipinski definition) is 0. The molecule has 1 amide bonds. The van der Waals surface area contributed by atoms with Crippen LogP contribution in [-0.2, 0) is 4.74 Å². The van der Waals surface area contributed by atoms with Crippen LogP contribution in [0.15, 0.2) is 36.5 Å². The second kappa shape index (κ2) is 9.90. The lowest BCUT2D eigenvalue weighted by Crippen LogP contribution is -2.50. The van der Waals surface area contributed by atoms with Gasteiger partial charge in [0.2, 0.25) is 0 Å². The first-order valence-corrected chi connectivity index (χ1v) is 11.3. The summed E-state index contributed by atoms with van der Waals surface area (Å²) in [4.78, 5) is 20.6. The molecule has 0 spiro atoms. The van der Waals surface area contributed by atoms with Crippen LogP contribution in [0.2, 0.25) is 0 Å². The van der Waals surface area contributed by atoms with Crippen LogP contribution in [0.25, 0.3) is 16.8 Å². The average Bonchev–Trinajstić information content (AvgIpc) is 3.18. The van der Waals surface area contributed by atoms with Gasteiger partial charge in [-0.25, -0.2) is 14.3 Å². The third-order valence-corrected chi connectivity index (χ3v) is 5.24. The molecule has 0 bridgehead atoms. The molecule has 1 saturated heterocycles. The Bertz CT molecular complexity index is 1150. The van der Waals surface area contributed by atoms with E-state index in [1.54, 1.807) is 15.6 Å². The molecule has 8 nitrogen and oxygen atoms in total. The summed E-state index contributed by atoms with van der Waals surface area (Å²) in [6, 6.07) is 12.2. The van der Waals surface area contributed by atoms with Gasteiger partial charge in [0.1, 0.15) is 11.7 Å². The highest BCUT2D eigenvalue weighted by atomic mass is 16.6. The van der Waals surface area contributed by atoms with Crippen LogP contribution in [0, 0.1) is 18.3 Å². The number of imidazole rings is 1. The van der Waals surface area contributed by atoms with Gasteiger partial charge in [-0.3, -0.25) is 0 Å². The summed E-state index contributed by atoms with van der Waals surface area (Å²) in [5, 5.41) is 14.0. The highest BCUT2D eigenvalue weighted by Crippen LogP contribution is 2.27. The van der Waals surface area contributed by atoms with Crippen LogP contribution in [0.3, 0.4) is 0 Å². The number of ether oxygens (including phenoxy) is 1. The van der Waals surface area contributed by atoms with Gasteiger partial charge < -0.3 is 14.5 Å². The third-order valence-electron chi connectivity index (χ3n) is 5.24. The first-order chi connectivity index (χ1) is 15.7.